The van der Waals surface area contributed by atoms with Crippen LogP contribution in [-0.4, -0.2) is 32.3 Å². The third-order valence-electron chi connectivity index (χ3n) is 4.15. The Bertz CT molecular complexity index is 877. The molecule has 5 nitrogen and oxygen atoms in total. The molecule has 1 aliphatic rings. The van der Waals surface area contributed by atoms with Crippen LogP contribution < -0.4 is 4.72 Å². The summed E-state index contributed by atoms with van der Waals surface area (Å²) in [6, 6.07) is 11.2. The smallest absolute Gasteiger partial charge is 0.262 e. The van der Waals surface area contributed by atoms with Crippen molar-refractivity contribution in [3.8, 4) is 0 Å². The summed E-state index contributed by atoms with van der Waals surface area (Å²) in [6.07, 6.45) is 2.99. The molecule has 1 aliphatic heterocycles. The van der Waals surface area contributed by atoms with Crippen LogP contribution in [0.3, 0.4) is 0 Å². The fourth-order valence-corrected chi connectivity index (χ4v) is 3.97. The zero-order valence-corrected chi connectivity index (χ0v) is 14.4. The lowest BCUT2D eigenvalue weighted by atomic mass is 10.1. The number of carbonyl (C=O) groups excluding carboxylic acids is 1. The molecular weight excluding hydrogens is 343 g/mol. The molecule has 0 saturated carbocycles. The lowest BCUT2D eigenvalue weighted by Crippen LogP contribution is -2.36. The van der Waals surface area contributed by atoms with Gasteiger partial charge in [0.05, 0.1) is 16.1 Å². The van der Waals surface area contributed by atoms with Crippen molar-refractivity contribution >= 4 is 21.6 Å². The summed E-state index contributed by atoms with van der Waals surface area (Å²) in [6.45, 7) is 1.34. The summed E-state index contributed by atoms with van der Waals surface area (Å²) < 4.78 is 40.7. The minimum atomic E-state index is -3.98. The molecule has 0 bridgehead atoms. The maximum absolute atomic E-state index is 13.3. The van der Waals surface area contributed by atoms with E-state index in [1.54, 1.807) is 23.1 Å². The monoisotopic (exact) mass is 362 g/mol. The number of rotatable bonds is 4. The summed E-state index contributed by atoms with van der Waals surface area (Å²) in [5.74, 6) is -0.835. The summed E-state index contributed by atoms with van der Waals surface area (Å²) in [5, 5.41) is 0. The fourth-order valence-electron chi connectivity index (χ4n) is 2.86. The zero-order valence-electron chi connectivity index (χ0n) is 13.6. The van der Waals surface area contributed by atoms with Gasteiger partial charge in [0, 0.05) is 13.1 Å². The van der Waals surface area contributed by atoms with Crippen molar-refractivity contribution in [3.05, 3.63) is 59.9 Å². The van der Waals surface area contributed by atoms with Crippen molar-refractivity contribution in [1.82, 2.24) is 4.90 Å². The molecule has 0 unspecified atom stereocenters. The van der Waals surface area contributed by atoms with E-state index in [0.29, 0.717) is 18.7 Å². The maximum Gasteiger partial charge on any atom is 0.262 e. The molecule has 0 radical (unpaired) electrons. The predicted molar refractivity (Wildman–Crippen MR) is 93.4 cm³/mol. The van der Waals surface area contributed by atoms with Gasteiger partial charge in [0.1, 0.15) is 5.82 Å². The van der Waals surface area contributed by atoms with Gasteiger partial charge in [-0.25, -0.2) is 12.8 Å². The number of carbonyl (C=O) groups is 1. The van der Waals surface area contributed by atoms with Crippen LogP contribution in [0.1, 0.15) is 29.6 Å². The molecule has 1 saturated heterocycles. The Morgan fingerprint density at radius 3 is 2.44 bits per heavy atom. The van der Waals surface area contributed by atoms with Crippen LogP contribution in [0, 0.1) is 5.82 Å². The number of amides is 1. The first kappa shape index (κ1) is 17.4. The molecule has 0 atom stereocenters. The third kappa shape index (κ3) is 3.99. The van der Waals surface area contributed by atoms with Crippen LogP contribution in [0.15, 0.2) is 53.4 Å². The number of hydrogen-bond donors (Lipinski definition) is 1. The van der Waals surface area contributed by atoms with Crippen LogP contribution in [0.2, 0.25) is 0 Å². The molecule has 0 spiro atoms. The average Bonchev–Trinajstić information content (AvgIpc) is 2.62. The molecule has 0 aliphatic carbocycles. The average molecular weight is 362 g/mol. The Balaban J connectivity index is 1.89. The molecular formula is C18H19FN2O3S. The predicted octanol–water partition coefficient (Wildman–Crippen LogP) is 3.25. The van der Waals surface area contributed by atoms with Crippen LogP contribution in [-0.2, 0) is 10.0 Å². The summed E-state index contributed by atoms with van der Waals surface area (Å²) in [5.41, 5.74) is 0.492. The number of anilines is 1. The fraction of sp³-hybridized carbons (Fsp3) is 0.278. The van der Waals surface area contributed by atoms with Gasteiger partial charge in [-0.3, -0.25) is 9.52 Å². The number of para-hydroxylation sites is 1. The number of likely N-dealkylation sites (tertiary alicyclic amines) is 1. The topological polar surface area (TPSA) is 66.5 Å². The first-order chi connectivity index (χ1) is 12.0. The van der Waals surface area contributed by atoms with E-state index in [-0.39, 0.29) is 16.5 Å². The van der Waals surface area contributed by atoms with Crippen LogP contribution in [0.4, 0.5) is 10.1 Å². The maximum atomic E-state index is 13.3. The lowest BCUT2D eigenvalue weighted by Gasteiger charge is -2.27. The van der Waals surface area contributed by atoms with Crippen molar-refractivity contribution in [3.63, 3.8) is 0 Å². The highest BCUT2D eigenvalue weighted by Gasteiger charge is 2.23. The first-order valence-corrected chi connectivity index (χ1v) is 9.62. The van der Waals surface area contributed by atoms with E-state index in [4.69, 9.17) is 0 Å². The van der Waals surface area contributed by atoms with E-state index in [1.165, 1.54) is 24.3 Å². The van der Waals surface area contributed by atoms with Gasteiger partial charge in [-0.15, -0.1) is 0 Å². The second kappa shape index (κ2) is 7.23. The Kier molecular flexibility index (Phi) is 5.03. The van der Waals surface area contributed by atoms with Gasteiger partial charge >= 0.3 is 0 Å². The lowest BCUT2D eigenvalue weighted by molar-refractivity contribution is 0.0725. The van der Waals surface area contributed by atoms with Crippen molar-refractivity contribution < 1.29 is 17.6 Å². The quantitative estimate of drug-likeness (QED) is 0.908. The van der Waals surface area contributed by atoms with Gasteiger partial charge in [-0.1, -0.05) is 18.2 Å². The van der Waals surface area contributed by atoms with E-state index in [0.717, 1.165) is 25.3 Å². The number of halogens is 1. The molecule has 3 rings (SSSR count). The molecule has 2 aromatic rings. The number of hydrogen-bond acceptors (Lipinski definition) is 3. The van der Waals surface area contributed by atoms with Crippen LogP contribution in [0.5, 0.6) is 0 Å². The minimum absolute atomic E-state index is 0.187. The van der Waals surface area contributed by atoms with Crippen molar-refractivity contribution in [2.75, 3.05) is 17.8 Å². The summed E-state index contributed by atoms with van der Waals surface area (Å²) in [7, 11) is -3.98. The Morgan fingerprint density at radius 1 is 1.00 bits per heavy atom. The number of nitrogens with zero attached hydrogens (tertiary/aromatic N) is 1. The van der Waals surface area contributed by atoms with Gasteiger partial charge in [-0.2, -0.15) is 0 Å². The molecule has 1 fully saturated rings. The third-order valence-corrected chi connectivity index (χ3v) is 5.51. The highest BCUT2D eigenvalue weighted by molar-refractivity contribution is 7.92. The number of sulfonamides is 1. The highest BCUT2D eigenvalue weighted by atomic mass is 32.2. The molecule has 132 valence electrons. The van der Waals surface area contributed by atoms with Crippen LogP contribution >= 0.6 is 0 Å². The SMILES string of the molecule is O=C(c1ccccc1NS(=O)(=O)c1cccc(F)c1)N1CCCCC1. The van der Waals surface area contributed by atoms with Crippen LogP contribution in [0.25, 0.3) is 0 Å². The molecule has 25 heavy (non-hydrogen) atoms. The van der Waals surface area contributed by atoms with E-state index >= 15 is 0 Å². The molecule has 1 heterocycles. The van der Waals surface area contributed by atoms with E-state index < -0.39 is 15.8 Å². The number of benzene rings is 2. The van der Waals surface area contributed by atoms with Gasteiger partial charge in [0.25, 0.3) is 15.9 Å². The van der Waals surface area contributed by atoms with Crippen molar-refractivity contribution in [1.29, 1.82) is 0 Å². The van der Waals surface area contributed by atoms with Crippen molar-refractivity contribution in [2.45, 2.75) is 24.2 Å². The highest BCUT2D eigenvalue weighted by Crippen LogP contribution is 2.23. The molecule has 2 aromatic carbocycles. The van der Waals surface area contributed by atoms with E-state index in [1.807, 2.05) is 0 Å². The number of piperidine rings is 1. The van der Waals surface area contributed by atoms with Gasteiger partial charge in [0.2, 0.25) is 0 Å². The Labute approximate surface area is 146 Å². The minimum Gasteiger partial charge on any atom is -0.339 e. The Hall–Kier alpha value is -2.41. The molecule has 1 amide bonds. The van der Waals surface area contributed by atoms with E-state index in [2.05, 4.69) is 4.72 Å². The van der Waals surface area contributed by atoms with Gasteiger partial charge in [0.15, 0.2) is 0 Å². The van der Waals surface area contributed by atoms with Gasteiger partial charge < -0.3 is 4.90 Å². The zero-order chi connectivity index (χ0) is 17.9. The standard InChI is InChI=1S/C18H19FN2O3S/c19-14-7-6-8-15(13-14)25(23,24)20-17-10-3-2-9-16(17)18(22)21-11-4-1-5-12-21/h2-3,6-10,13,20H,1,4-5,11-12H2. The van der Waals surface area contributed by atoms with Crippen molar-refractivity contribution in [2.24, 2.45) is 0 Å². The van der Waals surface area contributed by atoms with Gasteiger partial charge in [-0.05, 0) is 49.6 Å². The second-order valence-corrected chi connectivity index (χ2v) is 7.64. The molecule has 1 N–H and O–H groups in total. The largest absolute Gasteiger partial charge is 0.339 e. The number of nitrogens with one attached hydrogen (secondary N) is 1. The molecule has 7 heteroatoms. The Morgan fingerprint density at radius 2 is 1.72 bits per heavy atom. The summed E-state index contributed by atoms with van der Waals surface area (Å²) in [4.78, 5) is 14.3. The van der Waals surface area contributed by atoms with E-state index in [9.17, 15) is 17.6 Å². The summed E-state index contributed by atoms with van der Waals surface area (Å²) >= 11 is 0. The molecule has 0 aromatic heterocycles. The normalized spacial score (nSPS) is 15.0. The first-order valence-electron chi connectivity index (χ1n) is 8.14. The second-order valence-electron chi connectivity index (χ2n) is 5.96.